The first-order chi connectivity index (χ1) is 9.57. The third kappa shape index (κ3) is 5.63. The van der Waals surface area contributed by atoms with Crippen molar-refractivity contribution >= 4 is 0 Å². The Hall–Kier alpha value is -0.240. The van der Waals surface area contributed by atoms with Gasteiger partial charge in [0.25, 0.3) is 0 Å². The fourth-order valence-electron chi connectivity index (χ4n) is 2.25. The SMILES string of the molecule is CCCCCCCCOC[C@H]1O[C@H](O)[C@H](O)[C@@H](O)[C@@H]1O. The van der Waals surface area contributed by atoms with Crippen LogP contribution in [0, 0.1) is 0 Å². The highest BCUT2D eigenvalue weighted by Crippen LogP contribution is 2.20. The highest BCUT2D eigenvalue weighted by molar-refractivity contribution is 4.88. The first kappa shape index (κ1) is 17.8. The summed E-state index contributed by atoms with van der Waals surface area (Å²) >= 11 is 0. The second kappa shape index (κ2) is 9.65. The maximum absolute atomic E-state index is 9.70. The van der Waals surface area contributed by atoms with Crippen LogP contribution in [0.25, 0.3) is 0 Å². The largest absolute Gasteiger partial charge is 0.387 e. The predicted octanol–water partition coefficient (Wildman–Crippen LogP) is 0.163. The highest BCUT2D eigenvalue weighted by Gasteiger charge is 2.42. The van der Waals surface area contributed by atoms with Gasteiger partial charge in [-0.1, -0.05) is 39.0 Å². The van der Waals surface area contributed by atoms with E-state index < -0.39 is 30.7 Å². The molecule has 0 amide bonds. The summed E-state index contributed by atoms with van der Waals surface area (Å²) in [6, 6.07) is 0. The minimum atomic E-state index is -1.49. The van der Waals surface area contributed by atoms with Crippen molar-refractivity contribution in [2.45, 2.75) is 76.2 Å². The number of hydrogen-bond acceptors (Lipinski definition) is 6. The third-order valence-electron chi connectivity index (χ3n) is 3.61. The van der Waals surface area contributed by atoms with Crippen molar-refractivity contribution < 1.29 is 29.9 Å². The molecular formula is C14H28O6. The number of unbranched alkanes of at least 4 members (excludes halogenated alkanes) is 5. The molecule has 20 heavy (non-hydrogen) atoms. The summed E-state index contributed by atoms with van der Waals surface area (Å²) in [5, 5.41) is 37.9. The molecule has 1 saturated heterocycles. The molecule has 0 radical (unpaired) electrons. The predicted molar refractivity (Wildman–Crippen MR) is 73.1 cm³/mol. The topological polar surface area (TPSA) is 99.4 Å². The van der Waals surface area contributed by atoms with Crippen LogP contribution in [0.4, 0.5) is 0 Å². The molecule has 4 N–H and O–H groups in total. The molecule has 6 heteroatoms. The van der Waals surface area contributed by atoms with Crippen molar-refractivity contribution in [2.24, 2.45) is 0 Å². The molecule has 1 heterocycles. The van der Waals surface area contributed by atoms with E-state index in [-0.39, 0.29) is 6.61 Å². The van der Waals surface area contributed by atoms with E-state index in [1.807, 2.05) is 0 Å². The van der Waals surface area contributed by atoms with Gasteiger partial charge in [0, 0.05) is 6.61 Å². The second-order valence-corrected chi connectivity index (χ2v) is 5.38. The van der Waals surface area contributed by atoms with Crippen LogP contribution in [0.2, 0.25) is 0 Å². The van der Waals surface area contributed by atoms with E-state index in [4.69, 9.17) is 9.47 Å². The quantitative estimate of drug-likeness (QED) is 0.452. The average Bonchev–Trinajstić information content (AvgIpc) is 2.44. The fraction of sp³-hybridized carbons (Fsp3) is 1.00. The molecule has 1 rings (SSSR count). The number of aliphatic hydroxyl groups excluding tert-OH is 4. The molecule has 6 nitrogen and oxygen atoms in total. The van der Waals surface area contributed by atoms with E-state index in [9.17, 15) is 20.4 Å². The van der Waals surface area contributed by atoms with E-state index in [1.54, 1.807) is 0 Å². The molecule has 120 valence electrons. The van der Waals surface area contributed by atoms with Crippen LogP contribution in [0.3, 0.4) is 0 Å². The Kier molecular flexibility index (Phi) is 8.60. The van der Waals surface area contributed by atoms with Crippen LogP contribution < -0.4 is 0 Å². The van der Waals surface area contributed by atoms with Crippen LogP contribution in [0.15, 0.2) is 0 Å². The van der Waals surface area contributed by atoms with Gasteiger partial charge in [0.05, 0.1) is 6.61 Å². The van der Waals surface area contributed by atoms with Crippen LogP contribution in [-0.4, -0.2) is 64.3 Å². The lowest BCUT2D eigenvalue weighted by Gasteiger charge is -2.38. The lowest BCUT2D eigenvalue weighted by atomic mass is 9.99. The van der Waals surface area contributed by atoms with Crippen molar-refractivity contribution in [1.29, 1.82) is 0 Å². The average molecular weight is 292 g/mol. The molecule has 5 atom stereocenters. The van der Waals surface area contributed by atoms with Gasteiger partial charge in [-0.05, 0) is 6.42 Å². The highest BCUT2D eigenvalue weighted by atomic mass is 16.6. The number of ether oxygens (including phenoxy) is 2. The van der Waals surface area contributed by atoms with Gasteiger partial charge in [0.2, 0.25) is 0 Å². The Morgan fingerprint density at radius 3 is 2.20 bits per heavy atom. The zero-order valence-electron chi connectivity index (χ0n) is 12.1. The van der Waals surface area contributed by atoms with Crippen LogP contribution >= 0.6 is 0 Å². The molecule has 0 saturated carbocycles. The van der Waals surface area contributed by atoms with Crippen LogP contribution in [-0.2, 0) is 9.47 Å². The molecule has 0 bridgehead atoms. The number of rotatable bonds is 9. The summed E-state index contributed by atoms with van der Waals surface area (Å²) in [5.74, 6) is 0. The van der Waals surface area contributed by atoms with Gasteiger partial charge >= 0.3 is 0 Å². The molecule has 0 aliphatic carbocycles. The molecule has 0 aromatic carbocycles. The summed E-state index contributed by atoms with van der Waals surface area (Å²) in [5.41, 5.74) is 0. The zero-order valence-corrected chi connectivity index (χ0v) is 12.1. The Morgan fingerprint density at radius 1 is 0.850 bits per heavy atom. The molecule has 1 aliphatic rings. The van der Waals surface area contributed by atoms with Crippen molar-refractivity contribution in [3.05, 3.63) is 0 Å². The van der Waals surface area contributed by atoms with Gasteiger partial charge in [-0.3, -0.25) is 0 Å². The summed E-state index contributed by atoms with van der Waals surface area (Å²) in [4.78, 5) is 0. The Labute approximate surface area is 120 Å². The summed E-state index contributed by atoms with van der Waals surface area (Å²) in [6.45, 7) is 2.84. The maximum atomic E-state index is 9.70. The van der Waals surface area contributed by atoms with Gasteiger partial charge in [0.1, 0.15) is 24.4 Å². The maximum Gasteiger partial charge on any atom is 0.184 e. The van der Waals surface area contributed by atoms with Gasteiger partial charge < -0.3 is 29.9 Å². The van der Waals surface area contributed by atoms with E-state index in [2.05, 4.69) is 6.92 Å². The fourth-order valence-corrected chi connectivity index (χ4v) is 2.25. The molecular weight excluding hydrogens is 264 g/mol. The summed E-state index contributed by atoms with van der Waals surface area (Å²) in [7, 11) is 0. The molecule has 0 unspecified atom stereocenters. The minimum absolute atomic E-state index is 0.0942. The van der Waals surface area contributed by atoms with Gasteiger partial charge in [-0.25, -0.2) is 0 Å². The van der Waals surface area contributed by atoms with Gasteiger partial charge in [-0.2, -0.15) is 0 Å². The summed E-state index contributed by atoms with van der Waals surface area (Å²) < 4.78 is 10.4. The van der Waals surface area contributed by atoms with Crippen LogP contribution in [0.5, 0.6) is 0 Å². The van der Waals surface area contributed by atoms with E-state index in [1.165, 1.54) is 25.7 Å². The van der Waals surface area contributed by atoms with Gasteiger partial charge in [0.15, 0.2) is 6.29 Å². The summed E-state index contributed by atoms with van der Waals surface area (Å²) in [6.07, 6.45) is 0.530. The Balaban J connectivity index is 2.09. The first-order valence-corrected chi connectivity index (χ1v) is 7.53. The monoisotopic (exact) mass is 292 g/mol. The molecule has 1 fully saturated rings. The van der Waals surface area contributed by atoms with E-state index >= 15 is 0 Å². The zero-order chi connectivity index (χ0) is 15.0. The number of hydrogen-bond donors (Lipinski definition) is 4. The third-order valence-corrected chi connectivity index (χ3v) is 3.61. The lowest BCUT2D eigenvalue weighted by Crippen LogP contribution is -2.58. The lowest BCUT2D eigenvalue weighted by molar-refractivity contribution is -0.288. The second-order valence-electron chi connectivity index (χ2n) is 5.38. The first-order valence-electron chi connectivity index (χ1n) is 7.53. The smallest absolute Gasteiger partial charge is 0.184 e. The molecule has 0 aromatic rings. The van der Waals surface area contributed by atoms with E-state index in [0.29, 0.717) is 6.61 Å². The van der Waals surface area contributed by atoms with E-state index in [0.717, 1.165) is 12.8 Å². The molecule has 0 aromatic heterocycles. The van der Waals surface area contributed by atoms with Crippen molar-refractivity contribution in [3.63, 3.8) is 0 Å². The minimum Gasteiger partial charge on any atom is -0.387 e. The van der Waals surface area contributed by atoms with Crippen molar-refractivity contribution in [3.8, 4) is 0 Å². The Bertz CT molecular complexity index is 250. The molecule has 0 spiro atoms. The number of aliphatic hydroxyl groups is 4. The molecule has 1 aliphatic heterocycles. The Morgan fingerprint density at radius 2 is 1.50 bits per heavy atom. The van der Waals surface area contributed by atoms with Crippen LogP contribution in [0.1, 0.15) is 45.4 Å². The van der Waals surface area contributed by atoms with Gasteiger partial charge in [-0.15, -0.1) is 0 Å². The standard InChI is InChI=1S/C14H28O6/c1-2-3-4-5-6-7-8-19-9-10-11(15)12(16)13(17)14(18)20-10/h10-18H,2-9H2,1H3/t10-,11-,12+,13-,14+/m1/s1. The van der Waals surface area contributed by atoms with Crippen molar-refractivity contribution in [2.75, 3.05) is 13.2 Å². The normalized spacial score (nSPS) is 34.4. The van der Waals surface area contributed by atoms with Crippen molar-refractivity contribution in [1.82, 2.24) is 0 Å².